The highest BCUT2D eigenvalue weighted by atomic mass is 127. The van der Waals surface area contributed by atoms with Crippen LogP contribution in [0.2, 0.25) is 0 Å². The van der Waals surface area contributed by atoms with Crippen LogP contribution in [0.25, 0.3) is 0 Å². The van der Waals surface area contributed by atoms with E-state index in [0.29, 0.717) is 11.3 Å². The monoisotopic (exact) mass is 427 g/mol. The lowest BCUT2D eigenvalue weighted by Gasteiger charge is -2.07. The van der Waals surface area contributed by atoms with Crippen LogP contribution in [-0.2, 0) is 10.5 Å². The lowest BCUT2D eigenvalue weighted by atomic mass is 10.2. The molecule has 0 saturated carbocycles. The van der Waals surface area contributed by atoms with Gasteiger partial charge in [-0.3, -0.25) is 9.59 Å². The Kier molecular flexibility index (Phi) is 6.26. The van der Waals surface area contributed by atoms with Crippen LogP contribution in [0, 0.1) is 3.57 Å². The number of anilines is 1. The van der Waals surface area contributed by atoms with Crippen LogP contribution in [0.5, 0.6) is 0 Å². The van der Waals surface area contributed by atoms with E-state index in [4.69, 9.17) is 5.11 Å². The number of nitrogens with one attached hydrogen (secondary N) is 1. The van der Waals surface area contributed by atoms with Gasteiger partial charge >= 0.3 is 5.97 Å². The van der Waals surface area contributed by atoms with Crippen LogP contribution < -0.4 is 5.32 Å². The number of hydrogen-bond donors (Lipinski definition) is 2. The molecule has 0 aromatic heterocycles. The molecule has 0 radical (unpaired) electrons. The molecule has 2 N–H and O–H groups in total. The van der Waals surface area contributed by atoms with Gasteiger partial charge in [-0.15, -0.1) is 11.8 Å². The average Bonchev–Trinajstić information content (AvgIpc) is 2.49. The van der Waals surface area contributed by atoms with Crippen LogP contribution in [0.1, 0.15) is 15.9 Å². The van der Waals surface area contributed by atoms with E-state index in [1.807, 2.05) is 42.5 Å². The van der Waals surface area contributed by atoms with E-state index in [1.54, 1.807) is 6.07 Å². The normalized spacial score (nSPS) is 10.2. The number of thioether (sulfide) groups is 1. The Labute approximate surface area is 146 Å². The van der Waals surface area contributed by atoms with Gasteiger partial charge in [-0.1, -0.05) is 24.3 Å². The zero-order valence-corrected chi connectivity index (χ0v) is 14.6. The van der Waals surface area contributed by atoms with Gasteiger partial charge in [-0.05, 0) is 52.4 Å². The molecule has 0 spiro atoms. The van der Waals surface area contributed by atoms with Gasteiger partial charge in [0, 0.05) is 15.0 Å². The number of carboxylic acid groups (broad SMARTS) is 1. The third kappa shape index (κ3) is 5.03. The minimum absolute atomic E-state index is 0.0882. The van der Waals surface area contributed by atoms with Crippen LogP contribution in [0.4, 0.5) is 5.69 Å². The molecular formula is C16H14INO3S. The molecule has 22 heavy (non-hydrogen) atoms. The number of carboxylic acids is 1. The molecule has 0 fully saturated rings. The molecule has 0 bridgehead atoms. The average molecular weight is 427 g/mol. The Morgan fingerprint density at radius 1 is 1.09 bits per heavy atom. The number of carbonyl (C=O) groups is 2. The molecule has 0 aliphatic carbocycles. The summed E-state index contributed by atoms with van der Waals surface area (Å²) in [5.74, 6) is -0.230. The first-order valence-corrected chi connectivity index (χ1v) is 8.74. The molecule has 0 atom stereocenters. The first kappa shape index (κ1) is 16.8. The largest absolute Gasteiger partial charge is 0.481 e. The fourth-order valence-electron chi connectivity index (χ4n) is 1.78. The summed E-state index contributed by atoms with van der Waals surface area (Å²) in [5.41, 5.74) is 2.39. The summed E-state index contributed by atoms with van der Waals surface area (Å²) in [6, 6.07) is 14.8. The number of hydrogen-bond acceptors (Lipinski definition) is 3. The Morgan fingerprint density at radius 2 is 1.77 bits per heavy atom. The highest BCUT2D eigenvalue weighted by Crippen LogP contribution is 2.17. The molecule has 2 rings (SSSR count). The van der Waals surface area contributed by atoms with E-state index in [-0.39, 0.29) is 11.7 Å². The molecule has 6 heteroatoms. The van der Waals surface area contributed by atoms with E-state index < -0.39 is 5.97 Å². The predicted octanol–water partition coefficient (Wildman–Crippen LogP) is 3.86. The SMILES string of the molecule is O=C(O)CSCc1ccc(NC(=O)c2ccccc2I)cc1. The van der Waals surface area contributed by atoms with E-state index in [0.717, 1.165) is 14.8 Å². The molecule has 4 nitrogen and oxygen atoms in total. The topological polar surface area (TPSA) is 66.4 Å². The van der Waals surface area contributed by atoms with Gasteiger partial charge in [0.25, 0.3) is 5.91 Å². The maximum Gasteiger partial charge on any atom is 0.313 e. The molecule has 2 aromatic rings. The van der Waals surface area contributed by atoms with Gasteiger partial charge in [0.15, 0.2) is 0 Å². The van der Waals surface area contributed by atoms with Crippen molar-refractivity contribution in [3.63, 3.8) is 0 Å². The Morgan fingerprint density at radius 3 is 2.41 bits per heavy atom. The number of rotatable bonds is 6. The van der Waals surface area contributed by atoms with Gasteiger partial charge in [-0.25, -0.2) is 0 Å². The first-order chi connectivity index (χ1) is 10.6. The van der Waals surface area contributed by atoms with Crippen LogP contribution in [-0.4, -0.2) is 22.7 Å². The number of carbonyl (C=O) groups excluding carboxylic acids is 1. The van der Waals surface area contributed by atoms with Crippen molar-refractivity contribution in [2.75, 3.05) is 11.1 Å². The van der Waals surface area contributed by atoms with Crippen molar-refractivity contribution in [3.8, 4) is 0 Å². The van der Waals surface area contributed by atoms with E-state index in [1.165, 1.54) is 11.8 Å². The predicted molar refractivity (Wildman–Crippen MR) is 97.4 cm³/mol. The van der Waals surface area contributed by atoms with Crippen molar-refractivity contribution in [1.29, 1.82) is 0 Å². The second-order valence-electron chi connectivity index (χ2n) is 4.52. The van der Waals surface area contributed by atoms with Crippen LogP contribution in [0.3, 0.4) is 0 Å². The van der Waals surface area contributed by atoms with Crippen molar-refractivity contribution in [2.24, 2.45) is 0 Å². The van der Waals surface area contributed by atoms with E-state index in [2.05, 4.69) is 27.9 Å². The third-order valence-corrected chi connectivity index (χ3v) is 4.75. The van der Waals surface area contributed by atoms with Crippen molar-refractivity contribution in [1.82, 2.24) is 0 Å². The number of amides is 1. The first-order valence-electron chi connectivity index (χ1n) is 6.50. The fourth-order valence-corrected chi connectivity index (χ4v) is 3.12. The quantitative estimate of drug-likeness (QED) is 0.688. The molecule has 1 amide bonds. The Balaban J connectivity index is 1.95. The highest BCUT2D eigenvalue weighted by molar-refractivity contribution is 14.1. The maximum absolute atomic E-state index is 12.2. The number of aliphatic carboxylic acids is 1. The zero-order chi connectivity index (χ0) is 15.9. The van der Waals surface area contributed by atoms with Crippen molar-refractivity contribution in [3.05, 3.63) is 63.2 Å². The molecule has 0 unspecified atom stereocenters. The summed E-state index contributed by atoms with van der Waals surface area (Å²) in [6.07, 6.45) is 0. The fraction of sp³-hybridized carbons (Fsp3) is 0.125. The lowest BCUT2D eigenvalue weighted by Crippen LogP contribution is -2.13. The Hall–Kier alpha value is -1.54. The van der Waals surface area contributed by atoms with Gasteiger partial charge < -0.3 is 10.4 Å². The highest BCUT2D eigenvalue weighted by Gasteiger charge is 2.09. The summed E-state index contributed by atoms with van der Waals surface area (Å²) < 4.78 is 0.902. The number of halogens is 1. The van der Waals surface area contributed by atoms with Gasteiger partial charge in [0.2, 0.25) is 0 Å². The van der Waals surface area contributed by atoms with Gasteiger partial charge in [0.1, 0.15) is 0 Å². The van der Waals surface area contributed by atoms with E-state index >= 15 is 0 Å². The third-order valence-electron chi connectivity index (χ3n) is 2.82. The van der Waals surface area contributed by atoms with Gasteiger partial charge in [0.05, 0.1) is 11.3 Å². The van der Waals surface area contributed by atoms with Crippen molar-refractivity contribution < 1.29 is 14.7 Å². The zero-order valence-electron chi connectivity index (χ0n) is 11.6. The summed E-state index contributed by atoms with van der Waals surface area (Å²) in [4.78, 5) is 22.6. The second kappa shape index (κ2) is 8.19. The number of benzene rings is 2. The lowest BCUT2D eigenvalue weighted by molar-refractivity contribution is -0.133. The molecule has 0 saturated heterocycles. The molecule has 2 aromatic carbocycles. The van der Waals surface area contributed by atoms with Crippen molar-refractivity contribution in [2.45, 2.75) is 5.75 Å². The second-order valence-corrected chi connectivity index (χ2v) is 6.67. The standard InChI is InChI=1S/C16H14INO3S/c17-14-4-2-1-3-13(14)16(21)18-12-7-5-11(6-8-12)9-22-10-15(19)20/h1-8H,9-10H2,(H,18,21)(H,19,20). The van der Waals surface area contributed by atoms with E-state index in [9.17, 15) is 9.59 Å². The Bertz CT molecular complexity index is 673. The molecular weight excluding hydrogens is 413 g/mol. The molecule has 0 heterocycles. The summed E-state index contributed by atoms with van der Waals surface area (Å²) in [6.45, 7) is 0. The summed E-state index contributed by atoms with van der Waals surface area (Å²) in [7, 11) is 0. The molecule has 0 aliphatic rings. The molecule has 0 aliphatic heterocycles. The summed E-state index contributed by atoms with van der Waals surface area (Å²) in [5, 5.41) is 11.5. The maximum atomic E-state index is 12.2. The van der Waals surface area contributed by atoms with Crippen LogP contribution >= 0.6 is 34.4 Å². The minimum Gasteiger partial charge on any atom is -0.481 e. The molecule has 114 valence electrons. The van der Waals surface area contributed by atoms with Crippen molar-refractivity contribution >= 4 is 51.9 Å². The summed E-state index contributed by atoms with van der Waals surface area (Å²) >= 11 is 3.48. The minimum atomic E-state index is -0.814. The van der Waals surface area contributed by atoms with Gasteiger partial charge in [-0.2, -0.15) is 0 Å². The smallest absolute Gasteiger partial charge is 0.313 e. The van der Waals surface area contributed by atoms with Crippen LogP contribution in [0.15, 0.2) is 48.5 Å².